The molecule has 0 saturated carbocycles. The second kappa shape index (κ2) is 8.17. The third kappa shape index (κ3) is 4.69. The van der Waals surface area contributed by atoms with Crippen LogP contribution in [0.15, 0.2) is 15.7 Å². The number of ether oxygens (including phenoxy) is 1. The van der Waals surface area contributed by atoms with Crippen LogP contribution >= 0.6 is 34.9 Å². The Hall–Kier alpha value is -0.760. The molecule has 1 aromatic rings. The van der Waals surface area contributed by atoms with Gasteiger partial charge in [-0.25, -0.2) is 0 Å². The fourth-order valence-electron chi connectivity index (χ4n) is 2.03. The molecule has 1 unspecified atom stereocenters. The zero-order chi connectivity index (χ0) is 21.4. The number of fused-ring (bicyclic) bond motifs is 1. The quantitative estimate of drug-likeness (QED) is 0.442. The summed E-state index contributed by atoms with van der Waals surface area (Å²) in [4.78, 5) is 12.4. The van der Waals surface area contributed by atoms with Crippen LogP contribution in [-0.4, -0.2) is 46.7 Å². The maximum atomic E-state index is 13.4. The van der Waals surface area contributed by atoms with E-state index >= 15 is 0 Å². The molecule has 0 saturated heterocycles. The van der Waals surface area contributed by atoms with Gasteiger partial charge >= 0.3 is 23.9 Å². The number of thioether (sulfide) groups is 2. The van der Waals surface area contributed by atoms with Crippen LogP contribution in [0, 0.1) is 0 Å². The summed E-state index contributed by atoms with van der Waals surface area (Å²) in [7, 11) is 0. The smallest absolute Gasteiger partial charge is 0.460 e. The lowest BCUT2D eigenvalue weighted by molar-refractivity contribution is -0.396. The van der Waals surface area contributed by atoms with Crippen molar-refractivity contribution in [3.8, 4) is 5.75 Å². The predicted molar refractivity (Wildman–Crippen MR) is 87.1 cm³/mol. The Balaban J connectivity index is 1.87. The second-order valence-corrected chi connectivity index (χ2v) is 8.85. The van der Waals surface area contributed by atoms with E-state index in [0.29, 0.717) is 17.5 Å². The molecule has 14 heteroatoms. The molecule has 0 radical (unpaired) electrons. The zero-order valence-corrected chi connectivity index (χ0v) is 16.0. The lowest BCUT2D eigenvalue weighted by Gasteiger charge is -2.33. The molecule has 1 aliphatic rings. The van der Waals surface area contributed by atoms with E-state index in [9.17, 15) is 44.3 Å². The van der Waals surface area contributed by atoms with Gasteiger partial charge in [-0.1, -0.05) is 11.8 Å². The first-order valence-electron chi connectivity index (χ1n) is 7.40. The Labute approximate surface area is 165 Å². The van der Waals surface area contributed by atoms with E-state index in [1.165, 1.54) is 23.1 Å². The maximum absolute atomic E-state index is 13.4. The van der Waals surface area contributed by atoms with Crippen molar-refractivity contribution >= 4 is 40.0 Å². The molecular formula is C14H11F9O2S3. The van der Waals surface area contributed by atoms with Crippen LogP contribution in [0.3, 0.4) is 0 Å². The van der Waals surface area contributed by atoms with Crippen molar-refractivity contribution in [2.75, 3.05) is 12.4 Å². The van der Waals surface area contributed by atoms with E-state index in [4.69, 9.17) is 4.74 Å². The summed E-state index contributed by atoms with van der Waals surface area (Å²) in [6.07, 6.45) is -10.3. The van der Waals surface area contributed by atoms with Crippen LogP contribution in [-0.2, 0) is 4.79 Å². The third-order valence-electron chi connectivity index (χ3n) is 3.59. The molecule has 2 heterocycles. The number of hydrogen-bond acceptors (Lipinski definition) is 5. The molecule has 0 aliphatic carbocycles. The fourth-order valence-corrected chi connectivity index (χ4v) is 5.03. The highest BCUT2D eigenvalue weighted by molar-refractivity contribution is 8.14. The van der Waals surface area contributed by atoms with Crippen LogP contribution in [0.4, 0.5) is 39.5 Å². The summed E-state index contributed by atoms with van der Waals surface area (Å²) >= 11 is 3.24. The molecule has 28 heavy (non-hydrogen) atoms. The highest BCUT2D eigenvalue weighted by Gasteiger charge is 2.81. The van der Waals surface area contributed by atoms with Gasteiger partial charge in [0.1, 0.15) is 12.4 Å². The number of thiophene rings is 1. The SMILES string of the molecule is O=C(CCC(F)(F)C(F)(F)C(F)(F)C(F)(F)F)SCC1COc2cscc2S1. The molecule has 0 amide bonds. The van der Waals surface area contributed by atoms with E-state index < -0.39 is 41.9 Å². The van der Waals surface area contributed by atoms with E-state index in [1.807, 2.05) is 0 Å². The van der Waals surface area contributed by atoms with Gasteiger partial charge in [0.05, 0.1) is 10.1 Å². The molecule has 1 aliphatic heterocycles. The van der Waals surface area contributed by atoms with Crippen LogP contribution in [0.25, 0.3) is 0 Å². The number of hydrogen-bond donors (Lipinski definition) is 0. The normalized spacial score (nSPS) is 18.5. The van der Waals surface area contributed by atoms with Gasteiger partial charge < -0.3 is 4.74 Å². The van der Waals surface area contributed by atoms with Gasteiger partial charge in [-0.2, -0.15) is 39.5 Å². The Morgan fingerprint density at radius 3 is 2.32 bits per heavy atom. The summed E-state index contributed by atoms with van der Waals surface area (Å²) in [6.45, 7) is 0.209. The van der Waals surface area contributed by atoms with Crippen LogP contribution < -0.4 is 4.74 Å². The first-order valence-corrected chi connectivity index (χ1v) is 10.2. The monoisotopic (exact) mass is 478 g/mol. The largest absolute Gasteiger partial charge is 0.490 e. The molecule has 1 aromatic heterocycles. The highest BCUT2D eigenvalue weighted by atomic mass is 32.2. The van der Waals surface area contributed by atoms with E-state index in [2.05, 4.69) is 0 Å². The average Bonchev–Trinajstić information content (AvgIpc) is 3.04. The number of carbonyl (C=O) groups is 1. The molecule has 0 bridgehead atoms. The van der Waals surface area contributed by atoms with Crippen LogP contribution in [0.1, 0.15) is 12.8 Å². The molecule has 0 spiro atoms. The molecule has 1 atom stereocenters. The number of carbonyl (C=O) groups excluding carboxylic acids is 1. The minimum absolute atomic E-state index is 0.0689. The number of alkyl halides is 9. The predicted octanol–water partition coefficient (Wildman–Crippen LogP) is 6.11. The molecule has 0 fully saturated rings. The topological polar surface area (TPSA) is 26.3 Å². The molecule has 2 rings (SSSR count). The minimum Gasteiger partial charge on any atom is -0.490 e. The molecular weight excluding hydrogens is 467 g/mol. The van der Waals surface area contributed by atoms with Crippen molar-refractivity contribution < 1.29 is 49.0 Å². The summed E-state index contributed by atoms with van der Waals surface area (Å²) in [6, 6.07) is 0. The standard InChI is InChI=1S/C14H11F9O2S3/c15-11(16,12(17,18)13(19,20)14(21,22)23)2-1-10(24)27-4-7-3-25-8-5-26-6-9(8)28-7/h5-7H,1-4H2. The van der Waals surface area contributed by atoms with Crippen LogP contribution in [0.5, 0.6) is 5.75 Å². The van der Waals surface area contributed by atoms with Gasteiger partial charge in [0.2, 0.25) is 0 Å². The van der Waals surface area contributed by atoms with Crippen molar-refractivity contribution in [1.29, 1.82) is 0 Å². The molecule has 0 aromatic carbocycles. The summed E-state index contributed by atoms with van der Waals surface area (Å²) in [5.41, 5.74) is 0. The fraction of sp³-hybridized carbons (Fsp3) is 0.643. The minimum atomic E-state index is -6.94. The Morgan fingerprint density at radius 1 is 1.07 bits per heavy atom. The van der Waals surface area contributed by atoms with Gasteiger partial charge in [-0.15, -0.1) is 23.1 Å². The van der Waals surface area contributed by atoms with Crippen molar-refractivity contribution in [3.63, 3.8) is 0 Å². The first-order chi connectivity index (χ1) is 12.7. The third-order valence-corrected chi connectivity index (χ3v) is 6.98. The van der Waals surface area contributed by atoms with Gasteiger partial charge in [0.25, 0.3) is 0 Å². The first kappa shape index (κ1) is 23.5. The Kier molecular flexibility index (Phi) is 6.86. The van der Waals surface area contributed by atoms with Crippen molar-refractivity contribution in [2.45, 2.75) is 46.9 Å². The number of rotatable bonds is 7. The summed E-state index contributed by atoms with van der Waals surface area (Å²) in [5.74, 6) is -18.6. The molecule has 0 N–H and O–H groups in total. The van der Waals surface area contributed by atoms with Gasteiger partial charge in [0, 0.05) is 29.4 Å². The van der Waals surface area contributed by atoms with Gasteiger partial charge in [-0.05, 0) is 0 Å². The van der Waals surface area contributed by atoms with Crippen LogP contribution in [0.2, 0.25) is 0 Å². The number of halogens is 9. The molecule has 2 nitrogen and oxygen atoms in total. The Bertz CT molecular complexity index is 702. The highest BCUT2D eigenvalue weighted by Crippen LogP contribution is 2.54. The second-order valence-electron chi connectivity index (χ2n) is 5.69. The van der Waals surface area contributed by atoms with Gasteiger partial charge in [-0.3, -0.25) is 4.79 Å². The summed E-state index contributed by atoms with van der Waals surface area (Å²) < 4.78 is 120. The Morgan fingerprint density at radius 2 is 1.71 bits per heavy atom. The van der Waals surface area contributed by atoms with E-state index in [-0.39, 0.29) is 17.6 Å². The van der Waals surface area contributed by atoms with Gasteiger partial charge in [0.15, 0.2) is 5.12 Å². The zero-order valence-electron chi connectivity index (χ0n) is 13.5. The van der Waals surface area contributed by atoms with E-state index in [1.54, 1.807) is 10.8 Å². The maximum Gasteiger partial charge on any atom is 0.460 e. The van der Waals surface area contributed by atoms with Crippen molar-refractivity contribution in [3.05, 3.63) is 10.8 Å². The van der Waals surface area contributed by atoms with Crippen molar-refractivity contribution in [2.24, 2.45) is 0 Å². The lowest BCUT2D eigenvalue weighted by atomic mass is 10.00. The van der Waals surface area contributed by atoms with Crippen molar-refractivity contribution in [1.82, 2.24) is 0 Å². The lowest BCUT2D eigenvalue weighted by Crippen LogP contribution is -2.60. The molecule has 160 valence electrons. The summed E-state index contributed by atoms with van der Waals surface area (Å²) in [5, 5.41) is 2.29. The average molecular weight is 478 g/mol. The van der Waals surface area contributed by atoms with E-state index in [0.717, 1.165) is 4.90 Å².